The van der Waals surface area contributed by atoms with E-state index in [1.54, 1.807) is 24.3 Å². The summed E-state index contributed by atoms with van der Waals surface area (Å²) in [6, 6.07) is 9.40. The number of ether oxygens (including phenoxy) is 1. The van der Waals surface area contributed by atoms with Gasteiger partial charge in [0.05, 0.1) is 16.3 Å². The summed E-state index contributed by atoms with van der Waals surface area (Å²) in [5, 5.41) is 2.89. The van der Waals surface area contributed by atoms with E-state index in [4.69, 9.17) is 16.3 Å². The molecule has 27 heavy (non-hydrogen) atoms. The molecule has 0 radical (unpaired) electrons. The molecule has 0 aliphatic carbocycles. The van der Waals surface area contributed by atoms with Gasteiger partial charge in [0.25, 0.3) is 17.6 Å². The molecule has 8 nitrogen and oxygen atoms in total. The monoisotopic (exact) mass is 387 g/mol. The second kappa shape index (κ2) is 7.55. The Morgan fingerprint density at radius 2 is 1.96 bits per heavy atom. The van der Waals surface area contributed by atoms with Crippen LogP contribution in [0.1, 0.15) is 17.3 Å². The van der Waals surface area contributed by atoms with Crippen molar-refractivity contribution in [1.82, 2.24) is 4.98 Å². The summed E-state index contributed by atoms with van der Waals surface area (Å²) in [6.07, 6.45) is 0.236. The summed E-state index contributed by atoms with van der Waals surface area (Å²) in [7, 11) is 0. The number of anilines is 2. The Balaban J connectivity index is 1.60. The quantitative estimate of drug-likeness (QED) is 0.619. The lowest BCUT2D eigenvalue weighted by Gasteiger charge is -2.18. The van der Waals surface area contributed by atoms with Crippen molar-refractivity contribution in [3.8, 4) is 0 Å². The van der Waals surface area contributed by atoms with Gasteiger partial charge in [-0.3, -0.25) is 24.1 Å². The summed E-state index contributed by atoms with van der Waals surface area (Å²) < 4.78 is 5.06. The third kappa shape index (κ3) is 3.95. The highest BCUT2D eigenvalue weighted by Gasteiger charge is 2.37. The van der Waals surface area contributed by atoms with Crippen LogP contribution >= 0.6 is 11.6 Å². The van der Waals surface area contributed by atoms with Crippen molar-refractivity contribution in [2.75, 3.05) is 16.8 Å². The number of nitrogens with zero attached hydrogens (tertiary/aromatic N) is 2. The molecule has 1 aliphatic rings. The molecule has 0 unspecified atom stereocenters. The molecular formula is C18H14ClN3O5. The summed E-state index contributed by atoms with van der Waals surface area (Å²) in [5.74, 6) is -2.66. The molecule has 1 aromatic carbocycles. The van der Waals surface area contributed by atoms with Crippen LogP contribution in [-0.2, 0) is 19.1 Å². The third-order valence-electron chi connectivity index (χ3n) is 3.82. The Morgan fingerprint density at radius 3 is 2.67 bits per heavy atom. The normalized spacial score (nSPS) is 13.9. The molecule has 0 bridgehead atoms. The van der Waals surface area contributed by atoms with Crippen LogP contribution in [0, 0.1) is 0 Å². The number of esters is 1. The molecule has 0 spiro atoms. The Kier molecular flexibility index (Phi) is 5.18. The lowest BCUT2D eigenvalue weighted by Crippen LogP contribution is -2.38. The minimum atomic E-state index is -1.13. The molecule has 1 aromatic heterocycles. The van der Waals surface area contributed by atoms with Crippen LogP contribution in [0.4, 0.5) is 11.5 Å². The first kappa shape index (κ1) is 18.5. The number of fused-ring (bicyclic) bond motifs is 1. The van der Waals surface area contributed by atoms with Crippen molar-refractivity contribution in [3.05, 3.63) is 53.2 Å². The first-order valence-corrected chi connectivity index (χ1v) is 8.31. The van der Waals surface area contributed by atoms with Gasteiger partial charge < -0.3 is 10.1 Å². The number of amides is 2. The van der Waals surface area contributed by atoms with Crippen LogP contribution in [0.15, 0.2) is 42.6 Å². The molecule has 0 fully saturated rings. The maximum Gasteiger partial charge on any atom is 0.326 e. The number of Topliss-reactive ketones (excluding diaryl/α,β-unsaturated/α-hetero) is 1. The van der Waals surface area contributed by atoms with E-state index in [-0.39, 0.29) is 11.4 Å². The average molecular weight is 388 g/mol. The molecule has 3 rings (SSSR count). The van der Waals surface area contributed by atoms with Gasteiger partial charge in [0.1, 0.15) is 12.4 Å². The number of carbonyl (C=O) groups is 4. The number of hydrogen-bond acceptors (Lipinski definition) is 6. The predicted molar refractivity (Wildman–Crippen MR) is 96.6 cm³/mol. The maximum atomic E-state index is 12.1. The highest BCUT2D eigenvalue weighted by atomic mass is 35.5. The Labute approximate surface area is 159 Å². The van der Waals surface area contributed by atoms with Gasteiger partial charge in [-0.05, 0) is 31.2 Å². The van der Waals surface area contributed by atoms with Crippen LogP contribution < -0.4 is 10.2 Å². The predicted octanol–water partition coefficient (Wildman–Crippen LogP) is 1.83. The Hall–Kier alpha value is -3.26. The van der Waals surface area contributed by atoms with Crippen LogP contribution in [0.5, 0.6) is 0 Å². The third-order valence-corrected chi connectivity index (χ3v) is 4.05. The number of carbonyl (C=O) groups excluding carboxylic acids is 4. The van der Waals surface area contributed by atoms with Gasteiger partial charge in [0.15, 0.2) is 6.10 Å². The van der Waals surface area contributed by atoms with Gasteiger partial charge in [0, 0.05) is 6.20 Å². The first-order valence-electron chi connectivity index (χ1n) is 7.94. The SMILES string of the molecule is C[C@H](OC(=O)CN1C(=O)C(=O)c2ccccc21)C(=O)Nc1ccc(Cl)cn1. The molecule has 1 atom stereocenters. The number of ketones is 1. The molecule has 0 saturated carbocycles. The second-order valence-electron chi connectivity index (χ2n) is 5.72. The fourth-order valence-electron chi connectivity index (χ4n) is 2.50. The smallest absolute Gasteiger partial charge is 0.326 e. The molecular weight excluding hydrogens is 374 g/mol. The molecule has 0 saturated heterocycles. The lowest BCUT2D eigenvalue weighted by atomic mass is 10.1. The van der Waals surface area contributed by atoms with E-state index in [9.17, 15) is 19.2 Å². The Morgan fingerprint density at radius 1 is 1.22 bits per heavy atom. The molecule has 2 amide bonds. The van der Waals surface area contributed by atoms with E-state index < -0.39 is 36.2 Å². The van der Waals surface area contributed by atoms with E-state index in [0.29, 0.717) is 10.7 Å². The summed E-state index contributed by atoms with van der Waals surface area (Å²) in [6.45, 7) is 0.909. The standard InChI is InChI=1S/C18H14ClN3O5/c1-10(17(25)21-14-7-6-11(19)8-20-14)27-15(23)9-22-13-5-3-2-4-12(13)16(24)18(22)26/h2-8,10H,9H2,1H3,(H,20,21,25)/t10-/m0/s1. The highest BCUT2D eigenvalue weighted by Crippen LogP contribution is 2.28. The first-order chi connectivity index (χ1) is 12.9. The fraction of sp³-hybridized carbons (Fsp3) is 0.167. The van der Waals surface area contributed by atoms with Gasteiger partial charge in [0.2, 0.25) is 0 Å². The van der Waals surface area contributed by atoms with Crippen molar-refractivity contribution in [2.24, 2.45) is 0 Å². The number of nitrogens with one attached hydrogen (secondary N) is 1. The van der Waals surface area contributed by atoms with Crippen LogP contribution in [-0.4, -0.2) is 41.2 Å². The average Bonchev–Trinajstić information content (AvgIpc) is 2.89. The topological polar surface area (TPSA) is 106 Å². The van der Waals surface area contributed by atoms with E-state index >= 15 is 0 Å². The van der Waals surface area contributed by atoms with Gasteiger partial charge >= 0.3 is 5.97 Å². The molecule has 138 valence electrons. The van der Waals surface area contributed by atoms with E-state index in [1.807, 2.05) is 0 Å². The van der Waals surface area contributed by atoms with E-state index in [2.05, 4.69) is 10.3 Å². The number of halogens is 1. The van der Waals surface area contributed by atoms with Crippen molar-refractivity contribution in [3.63, 3.8) is 0 Å². The number of benzene rings is 1. The minimum absolute atomic E-state index is 0.231. The zero-order valence-corrected chi connectivity index (χ0v) is 14.9. The summed E-state index contributed by atoms with van der Waals surface area (Å²) in [5.41, 5.74) is 0.571. The van der Waals surface area contributed by atoms with Gasteiger partial charge in [-0.2, -0.15) is 0 Å². The van der Waals surface area contributed by atoms with Crippen LogP contribution in [0.2, 0.25) is 5.02 Å². The number of hydrogen-bond donors (Lipinski definition) is 1. The van der Waals surface area contributed by atoms with Crippen molar-refractivity contribution >= 4 is 46.7 Å². The highest BCUT2D eigenvalue weighted by molar-refractivity contribution is 6.52. The van der Waals surface area contributed by atoms with Crippen molar-refractivity contribution in [2.45, 2.75) is 13.0 Å². The van der Waals surface area contributed by atoms with Crippen LogP contribution in [0.3, 0.4) is 0 Å². The summed E-state index contributed by atoms with van der Waals surface area (Å²) >= 11 is 5.72. The second-order valence-corrected chi connectivity index (χ2v) is 6.16. The van der Waals surface area contributed by atoms with Crippen molar-refractivity contribution < 1.29 is 23.9 Å². The van der Waals surface area contributed by atoms with Gasteiger partial charge in [-0.15, -0.1) is 0 Å². The number of aromatic nitrogens is 1. The number of rotatable bonds is 5. The largest absolute Gasteiger partial charge is 0.451 e. The zero-order valence-electron chi connectivity index (χ0n) is 14.1. The van der Waals surface area contributed by atoms with Crippen LogP contribution in [0.25, 0.3) is 0 Å². The van der Waals surface area contributed by atoms with Gasteiger partial charge in [-0.25, -0.2) is 4.98 Å². The molecule has 1 aliphatic heterocycles. The van der Waals surface area contributed by atoms with E-state index in [0.717, 1.165) is 4.90 Å². The number of para-hydroxylation sites is 1. The molecule has 2 heterocycles. The Bertz CT molecular complexity index is 929. The molecule has 2 aromatic rings. The maximum absolute atomic E-state index is 12.1. The number of pyridine rings is 1. The molecule has 9 heteroatoms. The fourth-order valence-corrected chi connectivity index (χ4v) is 2.61. The van der Waals surface area contributed by atoms with E-state index in [1.165, 1.54) is 25.3 Å². The summed E-state index contributed by atoms with van der Waals surface area (Å²) in [4.78, 5) is 53.1. The molecule has 1 N–H and O–H groups in total. The van der Waals surface area contributed by atoms with Gasteiger partial charge in [-0.1, -0.05) is 23.7 Å². The lowest BCUT2D eigenvalue weighted by molar-refractivity contribution is -0.152. The zero-order chi connectivity index (χ0) is 19.6. The minimum Gasteiger partial charge on any atom is -0.451 e. The van der Waals surface area contributed by atoms with Crippen molar-refractivity contribution in [1.29, 1.82) is 0 Å².